The van der Waals surface area contributed by atoms with E-state index in [0.29, 0.717) is 6.54 Å². The van der Waals surface area contributed by atoms with E-state index >= 15 is 0 Å². The van der Waals surface area contributed by atoms with Crippen molar-refractivity contribution in [2.75, 3.05) is 39.8 Å². The molecule has 1 aromatic rings. The molecule has 4 nitrogen and oxygen atoms in total. The van der Waals surface area contributed by atoms with Gasteiger partial charge in [0.2, 0.25) is 0 Å². The van der Waals surface area contributed by atoms with E-state index in [-0.39, 0.29) is 6.04 Å². The van der Waals surface area contributed by atoms with Crippen molar-refractivity contribution >= 4 is 5.96 Å². The van der Waals surface area contributed by atoms with Gasteiger partial charge in [-0.05, 0) is 30.8 Å². The van der Waals surface area contributed by atoms with E-state index in [4.69, 9.17) is 0 Å². The smallest absolute Gasteiger partial charge is 0.354 e. The first-order valence-corrected chi connectivity index (χ1v) is 8.27. The Hall–Kier alpha value is -1.76. The van der Waals surface area contributed by atoms with E-state index in [9.17, 15) is 13.2 Å². The van der Waals surface area contributed by atoms with Gasteiger partial charge in [0, 0.05) is 20.1 Å². The number of guanidine groups is 1. The van der Waals surface area contributed by atoms with Gasteiger partial charge in [-0.2, -0.15) is 13.2 Å². The van der Waals surface area contributed by atoms with Crippen LogP contribution in [-0.4, -0.2) is 55.5 Å². The fraction of sp³-hybridized carbons (Fsp3) is 0.588. The van der Waals surface area contributed by atoms with Crippen LogP contribution in [0.2, 0.25) is 0 Å². The lowest BCUT2D eigenvalue weighted by molar-refractivity contribution is -0.137. The molecule has 0 bridgehead atoms. The molecule has 0 radical (unpaired) electrons. The summed E-state index contributed by atoms with van der Waals surface area (Å²) in [6.07, 6.45) is -4.30. The number of rotatable bonds is 6. The van der Waals surface area contributed by atoms with Crippen molar-refractivity contribution in [3.05, 3.63) is 35.4 Å². The number of halogens is 3. The number of likely N-dealkylation sites (N-methyl/N-ethyl adjacent to an activating group) is 2. The molecule has 0 aromatic heterocycles. The lowest BCUT2D eigenvalue weighted by Gasteiger charge is -2.31. The van der Waals surface area contributed by atoms with Crippen LogP contribution in [-0.2, 0) is 6.18 Å². The van der Waals surface area contributed by atoms with Crippen LogP contribution in [0, 0.1) is 0 Å². The summed E-state index contributed by atoms with van der Waals surface area (Å²) in [5.41, 5.74) is 0.262. The van der Waals surface area contributed by atoms with Crippen LogP contribution in [0.4, 0.5) is 13.2 Å². The molecule has 1 aliphatic heterocycles. The Labute approximate surface area is 141 Å². The van der Waals surface area contributed by atoms with Gasteiger partial charge in [-0.15, -0.1) is 0 Å². The second-order valence-corrected chi connectivity index (χ2v) is 5.86. The third-order valence-corrected chi connectivity index (χ3v) is 4.39. The Morgan fingerprint density at radius 2 is 1.83 bits per heavy atom. The first-order chi connectivity index (χ1) is 11.4. The number of nitrogens with one attached hydrogen (secondary N) is 1. The molecule has 1 N–H and O–H groups in total. The highest BCUT2D eigenvalue weighted by Crippen LogP contribution is 2.30. The van der Waals surface area contributed by atoms with Gasteiger partial charge >= 0.3 is 6.18 Å². The highest BCUT2D eigenvalue weighted by Gasteiger charge is 2.30. The molecule has 2 rings (SSSR count). The van der Waals surface area contributed by atoms with Gasteiger partial charge in [0.1, 0.15) is 0 Å². The molecule has 134 valence electrons. The first-order valence-electron chi connectivity index (χ1n) is 8.27. The summed E-state index contributed by atoms with van der Waals surface area (Å²) >= 11 is 0. The fourth-order valence-electron chi connectivity index (χ4n) is 2.93. The normalized spacial score (nSPS) is 16.5. The molecule has 1 unspecified atom stereocenters. The zero-order valence-electron chi connectivity index (χ0n) is 14.4. The van der Waals surface area contributed by atoms with Gasteiger partial charge < -0.3 is 10.2 Å². The van der Waals surface area contributed by atoms with E-state index < -0.39 is 11.7 Å². The standard InChI is InChI=1S/C17H25F3N4/c1-4-24(5-2)15(12-22-16-21-10-11-23(16)3)13-6-8-14(9-7-13)17(18,19)20/h6-9,15H,4-5,10-12H2,1-3H3,(H,21,22). The van der Waals surface area contributed by atoms with Crippen molar-refractivity contribution in [3.63, 3.8) is 0 Å². The predicted octanol–water partition coefficient (Wildman–Crippen LogP) is 2.98. The maximum Gasteiger partial charge on any atom is 0.416 e. The number of aliphatic imine (C=N–C) groups is 1. The Morgan fingerprint density at radius 3 is 2.29 bits per heavy atom. The molecule has 24 heavy (non-hydrogen) atoms. The molecular weight excluding hydrogens is 317 g/mol. The first kappa shape index (κ1) is 18.6. The molecule has 0 aliphatic carbocycles. The molecule has 0 amide bonds. The SMILES string of the molecule is CCN(CC)C(CNC1=NCCN1C)c1ccc(C(F)(F)F)cc1. The van der Waals surface area contributed by atoms with Gasteiger partial charge in [0.15, 0.2) is 5.96 Å². The highest BCUT2D eigenvalue weighted by atomic mass is 19.4. The van der Waals surface area contributed by atoms with Crippen molar-refractivity contribution < 1.29 is 13.2 Å². The Morgan fingerprint density at radius 1 is 1.21 bits per heavy atom. The summed E-state index contributed by atoms with van der Waals surface area (Å²) in [7, 11) is 1.98. The Bertz CT molecular complexity index is 550. The van der Waals surface area contributed by atoms with E-state index in [1.54, 1.807) is 12.1 Å². The zero-order chi connectivity index (χ0) is 17.7. The maximum atomic E-state index is 12.8. The Balaban J connectivity index is 2.16. The van der Waals surface area contributed by atoms with Gasteiger partial charge in [-0.1, -0.05) is 26.0 Å². The topological polar surface area (TPSA) is 30.9 Å². The van der Waals surface area contributed by atoms with Crippen LogP contribution in [0.1, 0.15) is 31.0 Å². The van der Waals surface area contributed by atoms with Crippen molar-refractivity contribution in [1.29, 1.82) is 0 Å². The van der Waals surface area contributed by atoms with Crippen molar-refractivity contribution in [2.24, 2.45) is 4.99 Å². The molecule has 7 heteroatoms. The molecule has 0 fully saturated rings. The van der Waals surface area contributed by atoms with Crippen LogP contribution >= 0.6 is 0 Å². The molecule has 1 atom stereocenters. The number of hydrogen-bond acceptors (Lipinski definition) is 4. The number of alkyl halides is 3. The molecule has 1 heterocycles. The summed E-state index contributed by atoms with van der Waals surface area (Å²) in [6.45, 7) is 8.03. The largest absolute Gasteiger partial charge is 0.416 e. The summed E-state index contributed by atoms with van der Waals surface area (Å²) in [5, 5.41) is 3.34. The predicted molar refractivity (Wildman–Crippen MR) is 90.0 cm³/mol. The molecule has 0 saturated carbocycles. The van der Waals surface area contributed by atoms with Crippen molar-refractivity contribution in [2.45, 2.75) is 26.1 Å². The van der Waals surface area contributed by atoms with E-state index in [0.717, 1.165) is 49.8 Å². The lowest BCUT2D eigenvalue weighted by Crippen LogP contribution is -2.42. The molecule has 1 aliphatic rings. The minimum atomic E-state index is -4.30. The quantitative estimate of drug-likeness (QED) is 0.862. The minimum Gasteiger partial charge on any atom is -0.354 e. The number of benzene rings is 1. The summed E-state index contributed by atoms with van der Waals surface area (Å²) in [4.78, 5) is 8.68. The van der Waals surface area contributed by atoms with Crippen LogP contribution in [0.25, 0.3) is 0 Å². The molecule has 0 saturated heterocycles. The van der Waals surface area contributed by atoms with Gasteiger partial charge in [-0.25, -0.2) is 0 Å². The highest BCUT2D eigenvalue weighted by molar-refractivity contribution is 5.81. The van der Waals surface area contributed by atoms with Crippen LogP contribution in [0.15, 0.2) is 29.3 Å². The molecular formula is C17H25F3N4. The van der Waals surface area contributed by atoms with Crippen molar-refractivity contribution in [1.82, 2.24) is 15.1 Å². The molecule has 0 spiro atoms. The van der Waals surface area contributed by atoms with Gasteiger partial charge in [-0.3, -0.25) is 9.89 Å². The van der Waals surface area contributed by atoms with Gasteiger partial charge in [0.25, 0.3) is 0 Å². The van der Waals surface area contributed by atoms with E-state index in [2.05, 4.69) is 29.1 Å². The summed E-state index contributed by atoms with van der Waals surface area (Å²) in [5.74, 6) is 0.846. The van der Waals surface area contributed by atoms with E-state index in [1.165, 1.54) is 0 Å². The second kappa shape index (κ2) is 7.88. The zero-order valence-corrected chi connectivity index (χ0v) is 14.4. The van der Waals surface area contributed by atoms with Crippen LogP contribution in [0.5, 0.6) is 0 Å². The van der Waals surface area contributed by atoms with Crippen LogP contribution in [0.3, 0.4) is 0 Å². The van der Waals surface area contributed by atoms with Crippen molar-refractivity contribution in [3.8, 4) is 0 Å². The number of hydrogen-bond donors (Lipinski definition) is 1. The lowest BCUT2D eigenvalue weighted by atomic mass is 10.0. The minimum absolute atomic E-state index is 0.000941. The van der Waals surface area contributed by atoms with Crippen LogP contribution < -0.4 is 5.32 Å². The third-order valence-electron chi connectivity index (χ3n) is 4.39. The fourth-order valence-corrected chi connectivity index (χ4v) is 2.93. The summed E-state index contributed by atoms with van der Waals surface area (Å²) in [6, 6.07) is 5.47. The molecule has 1 aromatic carbocycles. The maximum absolute atomic E-state index is 12.8. The summed E-state index contributed by atoms with van der Waals surface area (Å²) < 4.78 is 38.3. The third kappa shape index (κ3) is 4.41. The average Bonchev–Trinajstić information content (AvgIpc) is 2.96. The van der Waals surface area contributed by atoms with E-state index in [1.807, 2.05) is 11.9 Å². The van der Waals surface area contributed by atoms with Gasteiger partial charge in [0.05, 0.1) is 18.2 Å². The second-order valence-electron chi connectivity index (χ2n) is 5.86. The average molecular weight is 342 g/mol. The number of nitrogens with zero attached hydrogens (tertiary/aromatic N) is 3. The monoisotopic (exact) mass is 342 g/mol. The Kier molecular flexibility index (Phi) is 6.10.